The molecule has 0 fully saturated rings. The van der Waals surface area contributed by atoms with E-state index in [2.05, 4.69) is 102 Å². The van der Waals surface area contributed by atoms with Crippen molar-refractivity contribution in [3.8, 4) is 51.0 Å². The first-order valence-corrected chi connectivity index (χ1v) is 16.7. The van der Waals surface area contributed by atoms with Crippen molar-refractivity contribution in [3.05, 3.63) is 170 Å². The minimum absolute atomic E-state index is 0.614. The summed E-state index contributed by atoms with van der Waals surface area (Å²) in [4.78, 5) is 15.0. The third kappa shape index (κ3) is 4.52. The topological polar surface area (TPSA) is 56.7 Å². The second kappa shape index (κ2) is 11.4. The van der Waals surface area contributed by atoms with Crippen molar-refractivity contribution in [1.82, 2.24) is 19.5 Å². The summed E-state index contributed by atoms with van der Waals surface area (Å²) in [5.74, 6) is 1.88. The third-order valence-electron chi connectivity index (χ3n) is 9.46. The summed E-state index contributed by atoms with van der Waals surface area (Å²) in [7, 11) is 0. The molecular formula is C45H28N4O. The molecule has 0 unspecified atom stereocenters. The standard InChI is InChI=1S/C45H28N4O/c1-4-14-29(15-5-1)37-28-32(45-47-43(30-16-6-2-7-17-30)46-44(48-45)31-18-8-3-9-19-31)24-27-39(37)49-38-22-12-10-20-33(38)35-25-26-36-34-21-11-13-23-40(34)50-42(36)41(35)49/h1-28H. The van der Waals surface area contributed by atoms with Gasteiger partial charge in [-0.25, -0.2) is 15.0 Å². The fraction of sp³-hybridized carbons (Fsp3) is 0. The van der Waals surface area contributed by atoms with Gasteiger partial charge in [0.2, 0.25) is 0 Å². The minimum Gasteiger partial charge on any atom is -0.454 e. The Morgan fingerprint density at radius 1 is 0.400 bits per heavy atom. The highest BCUT2D eigenvalue weighted by molar-refractivity contribution is 6.21. The van der Waals surface area contributed by atoms with Crippen LogP contribution in [0.3, 0.4) is 0 Å². The number of rotatable bonds is 5. The molecule has 0 aliphatic rings. The summed E-state index contributed by atoms with van der Waals surface area (Å²) in [5.41, 5.74) is 9.88. The van der Waals surface area contributed by atoms with Gasteiger partial charge in [-0.3, -0.25) is 0 Å². The van der Waals surface area contributed by atoms with Gasteiger partial charge < -0.3 is 8.98 Å². The molecule has 0 N–H and O–H groups in total. The SMILES string of the molecule is c1ccc(-c2nc(-c3ccccc3)nc(-c3ccc(-n4c5ccccc5c5ccc6c7ccccc7oc6c54)c(-c4ccccc4)c3)n2)cc1. The predicted octanol–water partition coefficient (Wildman–Crippen LogP) is 11.5. The van der Waals surface area contributed by atoms with Crippen LogP contribution in [0.5, 0.6) is 0 Å². The van der Waals surface area contributed by atoms with E-state index in [1.165, 1.54) is 5.39 Å². The van der Waals surface area contributed by atoms with Crippen molar-refractivity contribution in [3.63, 3.8) is 0 Å². The summed E-state index contributed by atoms with van der Waals surface area (Å²) < 4.78 is 9.02. The zero-order chi connectivity index (χ0) is 33.0. The molecule has 0 aliphatic carbocycles. The van der Waals surface area contributed by atoms with Gasteiger partial charge in [-0.2, -0.15) is 0 Å². The van der Waals surface area contributed by atoms with E-state index in [1.54, 1.807) is 0 Å². The van der Waals surface area contributed by atoms with Crippen molar-refractivity contribution in [1.29, 1.82) is 0 Å². The Labute approximate surface area is 287 Å². The Hall–Kier alpha value is -6.85. The van der Waals surface area contributed by atoms with E-state index < -0.39 is 0 Å². The van der Waals surface area contributed by atoms with Gasteiger partial charge in [-0.1, -0.05) is 133 Å². The summed E-state index contributed by atoms with van der Waals surface area (Å²) in [6, 6.07) is 58.5. The van der Waals surface area contributed by atoms with E-state index in [4.69, 9.17) is 19.4 Å². The van der Waals surface area contributed by atoms with Crippen LogP contribution >= 0.6 is 0 Å². The number of hydrogen-bond donors (Lipinski definition) is 0. The van der Waals surface area contributed by atoms with Crippen molar-refractivity contribution in [2.75, 3.05) is 0 Å². The van der Waals surface area contributed by atoms with E-state index in [0.717, 1.165) is 71.9 Å². The average molecular weight is 641 g/mol. The van der Waals surface area contributed by atoms with E-state index in [-0.39, 0.29) is 0 Å². The fourth-order valence-electron chi connectivity index (χ4n) is 7.14. The fourth-order valence-corrected chi connectivity index (χ4v) is 7.14. The van der Waals surface area contributed by atoms with Crippen LogP contribution in [0.25, 0.3) is 94.7 Å². The number of hydrogen-bond acceptors (Lipinski definition) is 4. The van der Waals surface area contributed by atoms with Crippen LogP contribution < -0.4 is 0 Å². The second-order valence-electron chi connectivity index (χ2n) is 12.4. The summed E-state index contributed by atoms with van der Waals surface area (Å²) in [6.45, 7) is 0. The van der Waals surface area contributed by atoms with Gasteiger partial charge in [0, 0.05) is 43.8 Å². The highest BCUT2D eigenvalue weighted by atomic mass is 16.3. The van der Waals surface area contributed by atoms with Gasteiger partial charge in [-0.15, -0.1) is 0 Å². The van der Waals surface area contributed by atoms with Crippen LogP contribution in [0.15, 0.2) is 174 Å². The van der Waals surface area contributed by atoms with E-state index >= 15 is 0 Å². The van der Waals surface area contributed by atoms with E-state index in [0.29, 0.717) is 17.5 Å². The lowest BCUT2D eigenvalue weighted by Crippen LogP contribution is -2.02. The Kier molecular flexibility index (Phi) is 6.42. The zero-order valence-corrected chi connectivity index (χ0v) is 26.9. The van der Waals surface area contributed by atoms with Gasteiger partial charge in [0.05, 0.1) is 16.7 Å². The Morgan fingerprint density at radius 2 is 0.940 bits per heavy atom. The first-order chi connectivity index (χ1) is 24.8. The van der Waals surface area contributed by atoms with Gasteiger partial charge >= 0.3 is 0 Å². The second-order valence-corrected chi connectivity index (χ2v) is 12.4. The van der Waals surface area contributed by atoms with Gasteiger partial charge in [0.15, 0.2) is 23.1 Å². The summed E-state index contributed by atoms with van der Waals surface area (Å²) in [5, 5.41) is 4.53. The van der Waals surface area contributed by atoms with Crippen molar-refractivity contribution in [2.24, 2.45) is 0 Å². The predicted molar refractivity (Wildman–Crippen MR) is 203 cm³/mol. The van der Waals surface area contributed by atoms with Crippen LogP contribution in [-0.2, 0) is 0 Å². The molecule has 0 saturated carbocycles. The van der Waals surface area contributed by atoms with E-state index in [9.17, 15) is 0 Å². The van der Waals surface area contributed by atoms with Crippen molar-refractivity contribution >= 4 is 43.7 Å². The number of fused-ring (bicyclic) bond motifs is 7. The van der Waals surface area contributed by atoms with Crippen molar-refractivity contribution < 1.29 is 4.42 Å². The maximum atomic E-state index is 6.66. The number of furan rings is 1. The number of benzene rings is 7. The molecule has 234 valence electrons. The molecular weight excluding hydrogens is 613 g/mol. The molecule has 0 spiro atoms. The Balaban J connectivity index is 1.26. The molecule has 0 bridgehead atoms. The molecule has 0 saturated heterocycles. The van der Waals surface area contributed by atoms with Gasteiger partial charge in [-0.05, 0) is 42.0 Å². The maximum absolute atomic E-state index is 6.66. The third-order valence-corrected chi connectivity index (χ3v) is 9.46. The molecule has 0 radical (unpaired) electrons. The molecule has 3 heterocycles. The van der Waals surface area contributed by atoms with Gasteiger partial charge in [0.1, 0.15) is 5.58 Å². The lowest BCUT2D eigenvalue weighted by molar-refractivity contribution is 0.671. The van der Waals surface area contributed by atoms with Gasteiger partial charge in [0.25, 0.3) is 0 Å². The van der Waals surface area contributed by atoms with Crippen LogP contribution in [0.4, 0.5) is 0 Å². The minimum atomic E-state index is 0.614. The lowest BCUT2D eigenvalue weighted by atomic mass is 10.00. The lowest BCUT2D eigenvalue weighted by Gasteiger charge is -2.16. The largest absolute Gasteiger partial charge is 0.454 e. The zero-order valence-electron chi connectivity index (χ0n) is 26.9. The quantitative estimate of drug-likeness (QED) is 0.188. The normalized spacial score (nSPS) is 11.6. The van der Waals surface area contributed by atoms with Crippen LogP contribution in [0.2, 0.25) is 0 Å². The molecule has 10 aromatic rings. The number of aromatic nitrogens is 4. The Bertz CT molecular complexity index is 2800. The molecule has 0 amide bonds. The van der Waals surface area contributed by atoms with Crippen molar-refractivity contribution in [2.45, 2.75) is 0 Å². The van der Waals surface area contributed by atoms with E-state index in [1.807, 2.05) is 72.8 Å². The number of nitrogens with zero attached hydrogens (tertiary/aromatic N) is 4. The summed E-state index contributed by atoms with van der Waals surface area (Å²) in [6.07, 6.45) is 0. The highest BCUT2D eigenvalue weighted by Gasteiger charge is 2.22. The Morgan fingerprint density at radius 3 is 1.62 bits per heavy atom. The molecule has 0 aliphatic heterocycles. The highest BCUT2D eigenvalue weighted by Crippen LogP contribution is 2.42. The first kappa shape index (κ1) is 28.2. The molecule has 50 heavy (non-hydrogen) atoms. The first-order valence-electron chi connectivity index (χ1n) is 16.7. The molecule has 7 aromatic carbocycles. The number of para-hydroxylation sites is 2. The van der Waals surface area contributed by atoms with Crippen LogP contribution in [0.1, 0.15) is 0 Å². The van der Waals surface area contributed by atoms with Crippen LogP contribution in [0, 0.1) is 0 Å². The van der Waals surface area contributed by atoms with Crippen LogP contribution in [-0.4, -0.2) is 19.5 Å². The summed E-state index contributed by atoms with van der Waals surface area (Å²) >= 11 is 0. The smallest absolute Gasteiger partial charge is 0.164 e. The monoisotopic (exact) mass is 640 g/mol. The molecule has 5 heteroatoms. The molecule has 3 aromatic heterocycles. The molecule has 5 nitrogen and oxygen atoms in total. The average Bonchev–Trinajstić information content (AvgIpc) is 3.75. The maximum Gasteiger partial charge on any atom is 0.164 e. The molecule has 10 rings (SSSR count). The molecule has 0 atom stereocenters.